The van der Waals surface area contributed by atoms with Crippen molar-refractivity contribution in [2.75, 3.05) is 5.73 Å². The second-order valence-electron chi connectivity index (χ2n) is 3.03. The lowest BCUT2D eigenvalue weighted by Crippen LogP contribution is -1.87. The maximum absolute atomic E-state index is 9.50. The maximum Gasteiger partial charge on any atom is 0.127 e. The van der Waals surface area contributed by atoms with Gasteiger partial charge in [0.1, 0.15) is 17.2 Å². The van der Waals surface area contributed by atoms with Crippen LogP contribution in [0.4, 0.5) is 5.69 Å². The van der Waals surface area contributed by atoms with Gasteiger partial charge in [0.2, 0.25) is 0 Å². The van der Waals surface area contributed by atoms with Crippen LogP contribution in [0.3, 0.4) is 0 Å². The minimum Gasteiger partial charge on any atom is -0.507 e. The first-order valence-corrected chi connectivity index (χ1v) is 4.03. The standard InChI is InChI=1S/C10H9NO3/c11-5-1-2-7(13)10-8(14)4-3-6(12)9(5)10/h1-4,12-14H,11H2. The maximum atomic E-state index is 9.50. The Balaban J connectivity index is 3.05. The van der Waals surface area contributed by atoms with Gasteiger partial charge in [0.25, 0.3) is 0 Å². The summed E-state index contributed by atoms with van der Waals surface area (Å²) in [5.41, 5.74) is 5.92. The van der Waals surface area contributed by atoms with Gasteiger partial charge in [0.05, 0.1) is 10.8 Å². The van der Waals surface area contributed by atoms with Crippen molar-refractivity contribution in [3.8, 4) is 17.2 Å². The van der Waals surface area contributed by atoms with Gasteiger partial charge in [-0.1, -0.05) is 0 Å². The number of nitrogens with two attached hydrogens (primary N) is 1. The molecule has 0 radical (unpaired) electrons. The molecule has 0 bridgehead atoms. The highest BCUT2D eigenvalue weighted by Crippen LogP contribution is 2.40. The van der Waals surface area contributed by atoms with E-state index in [4.69, 9.17) is 5.73 Å². The topological polar surface area (TPSA) is 86.7 Å². The van der Waals surface area contributed by atoms with E-state index in [1.54, 1.807) is 0 Å². The predicted molar refractivity (Wildman–Crippen MR) is 53.4 cm³/mol. The number of benzene rings is 2. The van der Waals surface area contributed by atoms with E-state index >= 15 is 0 Å². The van der Waals surface area contributed by atoms with E-state index in [9.17, 15) is 15.3 Å². The molecule has 0 unspecified atom stereocenters. The summed E-state index contributed by atoms with van der Waals surface area (Å²) < 4.78 is 0. The molecule has 14 heavy (non-hydrogen) atoms. The van der Waals surface area contributed by atoms with Crippen molar-refractivity contribution in [1.29, 1.82) is 0 Å². The minimum atomic E-state index is -0.109. The molecule has 0 aliphatic rings. The molecule has 72 valence electrons. The Labute approximate surface area is 79.8 Å². The first kappa shape index (κ1) is 8.50. The van der Waals surface area contributed by atoms with Gasteiger partial charge in [-0.25, -0.2) is 0 Å². The van der Waals surface area contributed by atoms with E-state index in [1.807, 2.05) is 0 Å². The summed E-state index contributed by atoms with van der Waals surface area (Å²) in [5.74, 6) is -0.281. The highest BCUT2D eigenvalue weighted by Gasteiger charge is 2.11. The average molecular weight is 191 g/mol. The van der Waals surface area contributed by atoms with E-state index in [0.717, 1.165) is 0 Å². The Morgan fingerprint density at radius 3 is 1.64 bits per heavy atom. The van der Waals surface area contributed by atoms with Crippen molar-refractivity contribution in [3.05, 3.63) is 24.3 Å². The lowest BCUT2D eigenvalue weighted by Gasteiger charge is -2.07. The van der Waals surface area contributed by atoms with Crippen LogP contribution in [0, 0.1) is 0 Å². The quantitative estimate of drug-likeness (QED) is 0.375. The molecule has 0 aliphatic heterocycles. The monoisotopic (exact) mass is 191 g/mol. The summed E-state index contributed by atoms with van der Waals surface area (Å²) >= 11 is 0. The van der Waals surface area contributed by atoms with Gasteiger partial charge in [-0.05, 0) is 24.3 Å². The minimum absolute atomic E-state index is 0.0637. The molecule has 0 saturated carbocycles. The van der Waals surface area contributed by atoms with E-state index in [0.29, 0.717) is 5.69 Å². The largest absolute Gasteiger partial charge is 0.507 e. The lowest BCUT2D eigenvalue weighted by atomic mass is 10.1. The number of rotatable bonds is 0. The van der Waals surface area contributed by atoms with Gasteiger partial charge in [0.15, 0.2) is 0 Å². The molecule has 0 aliphatic carbocycles. The summed E-state index contributed by atoms with van der Waals surface area (Å²) in [7, 11) is 0. The number of phenolic OH excluding ortho intramolecular Hbond substituents is 3. The van der Waals surface area contributed by atoms with Gasteiger partial charge in [-0.15, -0.1) is 0 Å². The summed E-state index contributed by atoms with van der Waals surface area (Å²) in [4.78, 5) is 0. The number of hydrogen-bond donors (Lipinski definition) is 4. The Morgan fingerprint density at radius 1 is 0.714 bits per heavy atom. The Hall–Kier alpha value is -2.10. The van der Waals surface area contributed by atoms with Crippen molar-refractivity contribution in [3.63, 3.8) is 0 Å². The number of anilines is 1. The van der Waals surface area contributed by atoms with Crippen LogP contribution in [0.1, 0.15) is 0 Å². The Kier molecular flexibility index (Phi) is 1.64. The van der Waals surface area contributed by atoms with Crippen molar-refractivity contribution in [1.82, 2.24) is 0 Å². The summed E-state index contributed by atoms with van der Waals surface area (Å²) in [6, 6.07) is 5.47. The van der Waals surface area contributed by atoms with Gasteiger partial charge in [-0.3, -0.25) is 0 Å². The highest BCUT2D eigenvalue weighted by molar-refractivity contribution is 6.04. The SMILES string of the molecule is Nc1ccc(O)c2c(O)ccc(O)c12. The van der Waals surface area contributed by atoms with Crippen LogP contribution in [0.2, 0.25) is 0 Å². The van der Waals surface area contributed by atoms with Crippen LogP contribution >= 0.6 is 0 Å². The molecule has 4 heteroatoms. The number of fused-ring (bicyclic) bond motifs is 1. The fourth-order valence-electron chi connectivity index (χ4n) is 1.47. The predicted octanol–water partition coefficient (Wildman–Crippen LogP) is 1.54. The number of aromatic hydroxyl groups is 3. The summed E-state index contributed by atoms with van der Waals surface area (Å²) in [6.45, 7) is 0. The van der Waals surface area contributed by atoms with Gasteiger partial charge in [0, 0.05) is 5.69 Å². The normalized spacial score (nSPS) is 10.6. The van der Waals surface area contributed by atoms with Crippen LogP contribution in [-0.4, -0.2) is 15.3 Å². The molecular weight excluding hydrogens is 182 g/mol. The van der Waals surface area contributed by atoms with E-state index in [-0.39, 0.29) is 28.0 Å². The third-order valence-electron chi connectivity index (χ3n) is 2.13. The Bertz CT molecular complexity index is 419. The molecule has 4 nitrogen and oxygen atoms in total. The summed E-state index contributed by atoms with van der Waals surface area (Å²) in [5, 5.41) is 28.9. The third kappa shape index (κ3) is 1.01. The van der Waals surface area contributed by atoms with E-state index < -0.39 is 0 Å². The van der Waals surface area contributed by atoms with Crippen molar-refractivity contribution in [2.45, 2.75) is 0 Å². The van der Waals surface area contributed by atoms with Crippen LogP contribution in [0.15, 0.2) is 24.3 Å². The molecule has 0 fully saturated rings. The number of phenols is 3. The zero-order chi connectivity index (χ0) is 10.3. The first-order chi connectivity index (χ1) is 6.61. The molecule has 0 spiro atoms. The lowest BCUT2D eigenvalue weighted by molar-refractivity contribution is 0.457. The number of hydrogen-bond acceptors (Lipinski definition) is 4. The van der Waals surface area contributed by atoms with Crippen LogP contribution < -0.4 is 5.73 Å². The van der Waals surface area contributed by atoms with Crippen LogP contribution in [-0.2, 0) is 0 Å². The van der Waals surface area contributed by atoms with Crippen molar-refractivity contribution in [2.24, 2.45) is 0 Å². The molecule has 0 aromatic heterocycles. The fourth-order valence-corrected chi connectivity index (χ4v) is 1.47. The zero-order valence-electron chi connectivity index (χ0n) is 7.23. The molecule has 0 amide bonds. The smallest absolute Gasteiger partial charge is 0.127 e. The second-order valence-corrected chi connectivity index (χ2v) is 3.03. The van der Waals surface area contributed by atoms with Crippen molar-refractivity contribution >= 4 is 16.5 Å². The molecule has 0 heterocycles. The third-order valence-corrected chi connectivity index (χ3v) is 2.13. The number of nitrogen functional groups attached to an aromatic ring is 1. The van der Waals surface area contributed by atoms with Gasteiger partial charge < -0.3 is 21.1 Å². The molecule has 2 rings (SSSR count). The molecule has 2 aromatic rings. The highest BCUT2D eigenvalue weighted by atomic mass is 16.3. The van der Waals surface area contributed by atoms with Gasteiger partial charge in [-0.2, -0.15) is 0 Å². The Morgan fingerprint density at radius 2 is 1.14 bits per heavy atom. The molecule has 5 N–H and O–H groups in total. The average Bonchev–Trinajstić information content (AvgIpc) is 2.16. The van der Waals surface area contributed by atoms with Crippen LogP contribution in [0.25, 0.3) is 10.8 Å². The second kappa shape index (κ2) is 2.70. The van der Waals surface area contributed by atoms with Crippen molar-refractivity contribution < 1.29 is 15.3 Å². The first-order valence-electron chi connectivity index (χ1n) is 4.03. The van der Waals surface area contributed by atoms with Crippen LogP contribution in [0.5, 0.6) is 17.2 Å². The van der Waals surface area contributed by atoms with E-state index in [1.165, 1.54) is 24.3 Å². The molecule has 2 aromatic carbocycles. The van der Waals surface area contributed by atoms with E-state index in [2.05, 4.69) is 0 Å². The summed E-state index contributed by atoms with van der Waals surface area (Å²) in [6.07, 6.45) is 0. The fraction of sp³-hybridized carbons (Fsp3) is 0. The molecule has 0 atom stereocenters. The van der Waals surface area contributed by atoms with Gasteiger partial charge >= 0.3 is 0 Å². The molecule has 0 saturated heterocycles. The molecular formula is C10H9NO3. The zero-order valence-corrected chi connectivity index (χ0v) is 7.23.